The first kappa shape index (κ1) is 14.2. The van der Waals surface area contributed by atoms with Gasteiger partial charge >= 0.3 is 0 Å². The van der Waals surface area contributed by atoms with Crippen LogP contribution in [0.25, 0.3) is 0 Å². The monoisotopic (exact) mass is 320 g/mol. The zero-order valence-corrected chi connectivity index (χ0v) is 12.6. The molecule has 0 spiro atoms. The summed E-state index contributed by atoms with van der Waals surface area (Å²) < 4.78 is 1.04. The van der Waals surface area contributed by atoms with Gasteiger partial charge in [0.15, 0.2) is 0 Å². The van der Waals surface area contributed by atoms with Crippen LogP contribution in [0.3, 0.4) is 0 Å². The van der Waals surface area contributed by atoms with Crippen LogP contribution in [0.4, 0.5) is 0 Å². The summed E-state index contributed by atoms with van der Waals surface area (Å²) in [6.07, 6.45) is 5.16. The number of nitrogens with zero attached hydrogens (tertiary/aromatic N) is 2. The number of rotatable bonds is 4. The van der Waals surface area contributed by atoms with Crippen molar-refractivity contribution in [3.05, 3.63) is 58.6 Å². The standard InChI is InChI=1S/C15H17BrN2O/c1-15(2,9-19)14(12-7-17-10-18-8-12)11-3-5-13(16)6-4-11/h3-8,10,14,19H,9H2,1-2H3. The van der Waals surface area contributed by atoms with E-state index in [1.54, 1.807) is 0 Å². The van der Waals surface area contributed by atoms with Crippen molar-refractivity contribution >= 4 is 15.9 Å². The third-order valence-electron chi connectivity index (χ3n) is 3.31. The summed E-state index contributed by atoms with van der Waals surface area (Å²) in [5.74, 6) is 0.0619. The maximum absolute atomic E-state index is 9.69. The fourth-order valence-corrected chi connectivity index (χ4v) is 2.57. The number of aliphatic hydroxyl groups excluding tert-OH is 1. The number of hydrogen-bond acceptors (Lipinski definition) is 3. The van der Waals surface area contributed by atoms with Gasteiger partial charge in [0.2, 0.25) is 0 Å². The van der Waals surface area contributed by atoms with Gasteiger partial charge in [-0.25, -0.2) is 9.97 Å². The first-order chi connectivity index (χ1) is 9.04. The summed E-state index contributed by atoms with van der Waals surface area (Å²) in [4.78, 5) is 8.19. The van der Waals surface area contributed by atoms with E-state index in [4.69, 9.17) is 0 Å². The lowest BCUT2D eigenvalue weighted by Gasteiger charge is -2.33. The predicted molar refractivity (Wildman–Crippen MR) is 78.9 cm³/mol. The average molecular weight is 321 g/mol. The van der Waals surface area contributed by atoms with Gasteiger partial charge < -0.3 is 5.11 Å². The molecule has 0 bridgehead atoms. The number of halogens is 1. The molecule has 1 aromatic carbocycles. The van der Waals surface area contributed by atoms with Crippen LogP contribution in [0.2, 0.25) is 0 Å². The van der Waals surface area contributed by atoms with E-state index in [1.807, 2.05) is 38.4 Å². The number of aliphatic hydroxyl groups is 1. The molecule has 0 aliphatic rings. The fraction of sp³-hybridized carbons (Fsp3) is 0.333. The van der Waals surface area contributed by atoms with Crippen molar-refractivity contribution in [3.63, 3.8) is 0 Å². The van der Waals surface area contributed by atoms with E-state index in [0.29, 0.717) is 0 Å². The molecule has 0 amide bonds. The molecule has 0 radical (unpaired) electrons. The van der Waals surface area contributed by atoms with Gasteiger partial charge in [0.1, 0.15) is 6.33 Å². The minimum atomic E-state index is -0.279. The van der Waals surface area contributed by atoms with Crippen LogP contribution in [0.15, 0.2) is 47.5 Å². The van der Waals surface area contributed by atoms with Crippen molar-refractivity contribution in [2.24, 2.45) is 5.41 Å². The van der Waals surface area contributed by atoms with Crippen molar-refractivity contribution in [2.75, 3.05) is 6.61 Å². The Balaban J connectivity index is 2.49. The summed E-state index contributed by atoms with van der Waals surface area (Å²) in [5.41, 5.74) is 1.89. The summed E-state index contributed by atoms with van der Waals surface area (Å²) in [6, 6.07) is 8.16. The van der Waals surface area contributed by atoms with Crippen molar-refractivity contribution < 1.29 is 5.11 Å². The van der Waals surface area contributed by atoms with E-state index < -0.39 is 0 Å². The molecule has 0 aliphatic carbocycles. The molecule has 2 aromatic rings. The molecule has 100 valence electrons. The molecule has 1 N–H and O–H groups in total. The average Bonchev–Trinajstić information content (AvgIpc) is 2.42. The highest BCUT2D eigenvalue weighted by molar-refractivity contribution is 9.10. The molecule has 3 nitrogen and oxygen atoms in total. The minimum absolute atomic E-state index is 0.0619. The van der Waals surface area contributed by atoms with Crippen molar-refractivity contribution in [2.45, 2.75) is 19.8 Å². The van der Waals surface area contributed by atoms with E-state index in [2.05, 4.69) is 38.0 Å². The molecule has 0 fully saturated rings. The summed E-state index contributed by atoms with van der Waals surface area (Å²) in [5, 5.41) is 9.69. The molecular weight excluding hydrogens is 304 g/mol. The highest BCUT2D eigenvalue weighted by atomic mass is 79.9. The van der Waals surface area contributed by atoms with Crippen molar-refractivity contribution in [1.29, 1.82) is 0 Å². The number of benzene rings is 1. The summed E-state index contributed by atoms with van der Waals surface area (Å²) in [7, 11) is 0. The largest absolute Gasteiger partial charge is 0.396 e. The summed E-state index contributed by atoms with van der Waals surface area (Å²) in [6.45, 7) is 4.20. The third-order valence-corrected chi connectivity index (χ3v) is 3.83. The zero-order chi connectivity index (χ0) is 13.9. The molecule has 1 atom stereocenters. The van der Waals surface area contributed by atoms with Gasteiger partial charge in [-0.05, 0) is 28.7 Å². The van der Waals surface area contributed by atoms with Crippen LogP contribution in [0.5, 0.6) is 0 Å². The molecule has 1 aromatic heterocycles. The molecule has 4 heteroatoms. The second-order valence-electron chi connectivity index (χ2n) is 5.30. The maximum atomic E-state index is 9.69. The van der Waals surface area contributed by atoms with Gasteiger partial charge in [-0.3, -0.25) is 0 Å². The SMILES string of the molecule is CC(C)(CO)C(c1ccc(Br)cc1)c1cncnc1. The Labute approximate surface area is 121 Å². The van der Waals surface area contributed by atoms with Gasteiger partial charge in [-0.15, -0.1) is 0 Å². The van der Waals surface area contributed by atoms with E-state index in [0.717, 1.165) is 15.6 Å². The van der Waals surface area contributed by atoms with Crippen LogP contribution in [0.1, 0.15) is 30.9 Å². The Bertz CT molecular complexity index is 526. The molecule has 0 aliphatic heterocycles. The van der Waals surface area contributed by atoms with Gasteiger partial charge in [0, 0.05) is 29.4 Å². The first-order valence-corrected chi connectivity index (χ1v) is 6.95. The molecule has 0 saturated heterocycles. The summed E-state index contributed by atoms with van der Waals surface area (Å²) >= 11 is 3.44. The van der Waals surface area contributed by atoms with Crippen LogP contribution in [-0.2, 0) is 0 Å². The smallest absolute Gasteiger partial charge is 0.115 e. The topological polar surface area (TPSA) is 46.0 Å². The van der Waals surface area contributed by atoms with Gasteiger partial charge in [0.25, 0.3) is 0 Å². The fourth-order valence-electron chi connectivity index (χ4n) is 2.30. The minimum Gasteiger partial charge on any atom is -0.396 e. The third kappa shape index (κ3) is 3.19. The molecule has 19 heavy (non-hydrogen) atoms. The Morgan fingerprint density at radius 1 is 1.11 bits per heavy atom. The van der Waals surface area contributed by atoms with Crippen LogP contribution in [-0.4, -0.2) is 21.7 Å². The van der Waals surface area contributed by atoms with Crippen molar-refractivity contribution in [1.82, 2.24) is 9.97 Å². The predicted octanol–water partition coefficient (Wildman–Crippen LogP) is 3.39. The Hall–Kier alpha value is -1.26. The highest BCUT2D eigenvalue weighted by Crippen LogP contribution is 2.40. The number of hydrogen-bond donors (Lipinski definition) is 1. The second kappa shape index (κ2) is 5.80. The van der Waals surface area contributed by atoms with Gasteiger partial charge in [-0.1, -0.05) is 41.9 Å². The normalized spacial score (nSPS) is 13.3. The zero-order valence-electron chi connectivity index (χ0n) is 11.0. The molecule has 1 heterocycles. The Kier molecular flexibility index (Phi) is 4.32. The van der Waals surface area contributed by atoms with Crippen molar-refractivity contribution in [3.8, 4) is 0 Å². The van der Waals surface area contributed by atoms with Crippen LogP contribution < -0.4 is 0 Å². The van der Waals surface area contributed by atoms with E-state index >= 15 is 0 Å². The molecule has 2 rings (SSSR count). The maximum Gasteiger partial charge on any atom is 0.115 e. The molecule has 0 saturated carbocycles. The quantitative estimate of drug-likeness (QED) is 0.939. The Morgan fingerprint density at radius 2 is 1.68 bits per heavy atom. The van der Waals surface area contributed by atoms with E-state index in [9.17, 15) is 5.11 Å². The molecular formula is C15H17BrN2O. The highest BCUT2D eigenvalue weighted by Gasteiger charge is 2.32. The van der Waals surface area contributed by atoms with Gasteiger partial charge in [0.05, 0.1) is 0 Å². The first-order valence-electron chi connectivity index (χ1n) is 6.16. The van der Waals surface area contributed by atoms with Gasteiger partial charge in [-0.2, -0.15) is 0 Å². The molecule has 1 unspecified atom stereocenters. The lowest BCUT2D eigenvalue weighted by atomic mass is 9.72. The van der Waals surface area contributed by atoms with E-state index in [1.165, 1.54) is 6.33 Å². The Morgan fingerprint density at radius 3 is 2.21 bits per heavy atom. The van der Waals surface area contributed by atoms with Crippen LogP contribution >= 0.6 is 15.9 Å². The lowest BCUT2D eigenvalue weighted by molar-refractivity contribution is 0.143. The van der Waals surface area contributed by atoms with E-state index in [-0.39, 0.29) is 17.9 Å². The second-order valence-corrected chi connectivity index (χ2v) is 6.22. The lowest BCUT2D eigenvalue weighted by Crippen LogP contribution is -2.27. The number of aromatic nitrogens is 2. The van der Waals surface area contributed by atoms with Crippen LogP contribution in [0, 0.1) is 5.41 Å².